The van der Waals surface area contributed by atoms with E-state index in [-0.39, 0.29) is 5.91 Å². The second-order valence-electron chi connectivity index (χ2n) is 7.27. The van der Waals surface area contributed by atoms with Crippen molar-refractivity contribution in [2.75, 3.05) is 12.4 Å². The molecule has 0 aliphatic heterocycles. The number of hydrogen-bond acceptors (Lipinski definition) is 4. The minimum Gasteiger partial charge on any atom is -0.496 e. The monoisotopic (exact) mass is 394 g/mol. The fourth-order valence-electron chi connectivity index (χ4n) is 3.84. The SMILES string of the molecule is COc1cc2ccccc2cc1C(=O)Nc1sc2c(c1C(N)=O)CC[C@H](C)C2. The van der Waals surface area contributed by atoms with E-state index < -0.39 is 5.91 Å². The third kappa shape index (κ3) is 3.24. The Labute approximate surface area is 167 Å². The summed E-state index contributed by atoms with van der Waals surface area (Å²) in [5, 5.41) is 5.39. The summed E-state index contributed by atoms with van der Waals surface area (Å²) in [6.07, 6.45) is 2.76. The smallest absolute Gasteiger partial charge is 0.260 e. The van der Waals surface area contributed by atoms with Crippen LogP contribution in [0.5, 0.6) is 5.75 Å². The highest BCUT2D eigenvalue weighted by atomic mass is 32.1. The van der Waals surface area contributed by atoms with E-state index in [4.69, 9.17) is 10.5 Å². The van der Waals surface area contributed by atoms with Crippen molar-refractivity contribution in [1.82, 2.24) is 0 Å². The zero-order valence-corrected chi connectivity index (χ0v) is 16.7. The fourth-order valence-corrected chi connectivity index (χ4v) is 5.25. The Kier molecular flexibility index (Phi) is 4.81. The van der Waals surface area contributed by atoms with Crippen molar-refractivity contribution in [2.24, 2.45) is 11.7 Å². The van der Waals surface area contributed by atoms with Gasteiger partial charge in [-0.3, -0.25) is 9.59 Å². The number of fused-ring (bicyclic) bond motifs is 2. The first-order chi connectivity index (χ1) is 13.5. The van der Waals surface area contributed by atoms with E-state index in [2.05, 4.69) is 12.2 Å². The van der Waals surface area contributed by atoms with Crippen molar-refractivity contribution in [1.29, 1.82) is 0 Å². The molecule has 0 saturated carbocycles. The third-order valence-corrected chi connectivity index (χ3v) is 6.47. The van der Waals surface area contributed by atoms with Gasteiger partial charge < -0.3 is 15.8 Å². The first kappa shape index (κ1) is 18.5. The van der Waals surface area contributed by atoms with Crippen molar-refractivity contribution >= 4 is 38.9 Å². The Balaban J connectivity index is 1.73. The number of methoxy groups -OCH3 is 1. The summed E-state index contributed by atoms with van der Waals surface area (Å²) in [7, 11) is 1.54. The van der Waals surface area contributed by atoms with Crippen LogP contribution in [0.3, 0.4) is 0 Å². The van der Waals surface area contributed by atoms with Crippen molar-refractivity contribution < 1.29 is 14.3 Å². The number of anilines is 1. The number of hydrogen-bond donors (Lipinski definition) is 2. The lowest BCUT2D eigenvalue weighted by Gasteiger charge is -2.18. The third-order valence-electron chi connectivity index (χ3n) is 5.30. The highest BCUT2D eigenvalue weighted by Gasteiger charge is 2.28. The summed E-state index contributed by atoms with van der Waals surface area (Å²) in [4.78, 5) is 26.3. The lowest BCUT2D eigenvalue weighted by Crippen LogP contribution is -2.19. The van der Waals surface area contributed by atoms with Crippen LogP contribution < -0.4 is 15.8 Å². The number of carbonyl (C=O) groups is 2. The number of benzene rings is 2. The number of amides is 2. The Morgan fingerprint density at radius 2 is 1.93 bits per heavy atom. The maximum absolute atomic E-state index is 13.1. The van der Waals surface area contributed by atoms with Crippen LogP contribution in [0.1, 0.15) is 44.5 Å². The van der Waals surface area contributed by atoms with Crippen molar-refractivity contribution in [3.8, 4) is 5.75 Å². The van der Waals surface area contributed by atoms with Crippen LogP contribution in [0, 0.1) is 5.92 Å². The average Bonchev–Trinajstić information content (AvgIpc) is 3.03. The molecule has 0 radical (unpaired) electrons. The Hall–Kier alpha value is -2.86. The standard InChI is InChI=1S/C22H22N2O3S/c1-12-7-8-15-18(9-12)28-22(19(15)20(23)25)24-21(26)16-10-13-5-3-4-6-14(13)11-17(16)27-2/h3-6,10-12H,7-9H2,1-2H3,(H2,23,25)(H,24,26)/t12-/m0/s1. The van der Waals surface area contributed by atoms with Crippen LogP contribution in [-0.4, -0.2) is 18.9 Å². The van der Waals surface area contributed by atoms with Crippen molar-refractivity contribution in [3.63, 3.8) is 0 Å². The van der Waals surface area contributed by atoms with Gasteiger partial charge in [0.2, 0.25) is 0 Å². The molecule has 144 valence electrons. The molecule has 0 bridgehead atoms. The van der Waals surface area contributed by atoms with Gasteiger partial charge in [-0.1, -0.05) is 31.2 Å². The Morgan fingerprint density at radius 1 is 1.21 bits per heavy atom. The molecule has 1 atom stereocenters. The molecule has 5 nitrogen and oxygen atoms in total. The van der Waals surface area contributed by atoms with E-state index in [1.165, 1.54) is 11.3 Å². The molecule has 1 aliphatic carbocycles. The largest absolute Gasteiger partial charge is 0.496 e. The molecule has 1 aliphatic rings. The average molecular weight is 394 g/mol. The minimum atomic E-state index is -0.493. The number of carbonyl (C=O) groups excluding carboxylic acids is 2. The van der Waals surface area contributed by atoms with Gasteiger partial charge >= 0.3 is 0 Å². The fraction of sp³-hybridized carbons (Fsp3) is 0.273. The molecule has 0 fully saturated rings. The molecule has 3 N–H and O–H groups in total. The molecule has 2 aromatic carbocycles. The second kappa shape index (κ2) is 7.28. The summed E-state index contributed by atoms with van der Waals surface area (Å²) in [6, 6.07) is 11.4. The van der Waals surface area contributed by atoms with E-state index in [9.17, 15) is 9.59 Å². The van der Waals surface area contributed by atoms with E-state index in [0.29, 0.717) is 27.8 Å². The van der Waals surface area contributed by atoms with Gasteiger partial charge in [0.25, 0.3) is 11.8 Å². The van der Waals surface area contributed by atoms with Crippen LogP contribution in [0.15, 0.2) is 36.4 Å². The highest BCUT2D eigenvalue weighted by molar-refractivity contribution is 7.17. The second-order valence-corrected chi connectivity index (χ2v) is 8.38. The van der Waals surface area contributed by atoms with Gasteiger partial charge in [-0.05, 0) is 53.6 Å². The summed E-state index contributed by atoms with van der Waals surface area (Å²) in [5.74, 6) is 0.257. The molecule has 0 spiro atoms. The summed E-state index contributed by atoms with van der Waals surface area (Å²) in [5.41, 5.74) is 7.54. The van der Waals surface area contributed by atoms with E-state index in [1.54, 1.807) is 7.11 Å². The first-order valence-electron chi connectivity index (χ1n) is 9.30. The summed E-state index contributed by atoms with van der Waals surface area (Å²) in [6.45, 7) is 2.20. The van der Waals surface area contributed by atoms with Gasteiger partial charge in [0.1, 0.15) is 10.8 Å². The van der Waals surface area contributed by atoms with Gasteiger partial charge in [-0.25, -0.2) is 0 Å². The lowest BCUT2D eigenvalue weighted by molar-refractivity contribution is 0.1000. The van der Waals surface area contributed by atoms with Crippen LogP contribution >= 0.6 is 11.3 Å². The van der Waals surface area contributed by atoms with Gasteiger partial charge in [0.15, 0.2) is 0 Å². The van der Waals surface area contributed by atoms with Gasteiger partial charge in [-0.2, -0.15) is 0 Å². The van der Waals surface area contributed by atoms with Gasteiger partial charge in [0, 0.05) is 4.88 Å². The van der Waals surface area contributed by atoms with Crippen LogP contribution in [0.25, 0.3) is 10.8 Å². The summed E-state index contributed by atoms with van der Waals surface area (Å²) < 4.78 is 5.44. The quantitative estimate of drug-likeness (QED) is 0.689. The number of nitrogens with two attached hydrogens (primary N) is 1. The molecule has 1 heterocycles. The normalized spacial score (nSPS) is 15.9. The molecule has 0 unspecified atom stereocenters. The Morgan fingerprint density at radius 3 is 2.61 bits per heavy atom. The van der Waals surface area contributed by atoms with E-state index in [0.717, 1.165) is 40.5 Å². The van der Waals surface area contributed by atoms with Gasteiger partial charge in [0.05, 0.1) is 18.2 Å². The molecule has 0 saturated heterocycles. The number of ether oxygens (including phenoxy) is 1. The van der Waals surface area contributed by atoms with Crippen molar-refractivity contribution in [2.45, 2.75) is 26.2 Å². The highest BCUT2D eigenvalue weighted by Crippen LogP contribution is 2.40. The number of primary amides is 1. The maximum Gasteiger partial charge on any atom is 0.260 e. The Bertz CT molecular complexity index is 1090. The number of nitrogens with one attached hydrogen (secondary N) is 1. The molecule has 28 heavy (non-hydrogen) atoms. The molecule has 3 aromatic rings. The number of thiophene rings is 1. The zero-order valence-electron chi connectivity index (χ0n) is 15.9. The summed E-state index contributed by atoms with van der Waals surface area (Å²) >= 11 is 1.46. The predicted molar refractivity (Wildman–Crippen MR) is 112 cm³/mol. The molecular weight excluding hydrogens is 372 g/mol. The lowest BCUT2D eigenvalue weighted by atomic mass is 9.88. The molecule has 6 heteroatoms. The van der Waals surface area contributed by atoms with E-state index in [1.807, 2.05) is 36.4 Å². The number of rotatable bonds is 4. The zero-order chi connectivity index (χ0) is 19.8. The maximum atomic E-state index is 13.1. The molecule has 2 amide bonds. The molecule has 4 rings (SSSR count). The van der Waals surface area contributed by atoms with Crippen LogP contribution in [-0.2, 0) is 12.8 Å². The minimum absolute atomic E-state index is 0.309. The van der Waals surface area contributed by atoms with Crippen LogP contribution in [0.2, 0.25) is 0 Å². The predicted octanol–water partition coefficient (Wildman–Crippen LogP) is 4.39. The molecular formula is C22H22N2O3S. The van der Waals surface area contributed by atoms with Crippen molar-refractivity contribution in [3.05, 3.63) is 58.0 Å². The van der Waals surface area contributed by atoms with Gasteiger partial charge in [-0.15, -0.1) is 11.3 Å². The first-order valence-corrected chi connectivity index (χ1v) is 10.1. The molecule has 1 aromatic heterocycles. The van der Waals surface area contributed by atoms with E-state index >= 15 is 0 Å². The topological polar surface area (TPSA) is 81.4 Å². The van der Waals surface area contributed by atoms with Crippen LogP contribution in [0.4, 0.5) is 5.00 Å².